The lowest BCUT2D eigenvalue weighted by Crippen LogP contribution is -2.22. The van der Waals surface area contributed by atoms with Gasteiger partial charge in [0.15, 0.2) is 0 Å². The van der Waals surface area contributed by atoms with Crippen LogP contribution in [0.3, 0.4) is 0 Å². The molecule has 1 aromatic rings. The van der Waals surface area contributed by atoms with E-state index < -0.39 is 11.9 Å². The monoisotopic (exact) mass is 447 g/mol. The van der Waals surface area contributed by atoms with E-state index in [2.05, 4.69) is 18.8 Å². The highest BCUT2D eigenvalue weighted by molar-refractivity contribution is 5.91. The number of hydrogen-bond acceptors (Lipinski definition) is 5. The van der Waals surface area contributed by atoms with E-state index in [0.717, 1.165) is 19.3 Å². The molecule has 0 saturated carbocycles. The predicted octanol–water partition coefficient (Wildman–Crippen LogP) is 7.53. The Bertz CT molecular complexity index is 646. The maximum absolute atomic E-state index is 12.3. The fraction of sp³-hybridized carbons (Fsp3) is 0.741. The van der Waals surface area contributed by atoms with E-state index in [0.29, 0.717) is 6.61 Å². The van der Waals surface area contributed by atoms with Crippen molar-refractivity contribution < 1.29 is 19.1 Å². The van der Waals surface area contributed by atoms with Crippen LogP contribution in [-0.4, -0.2) is 29.6 Å². The highest BCUT2D eigenvalue weighted by atomic mass is 16.5. The molecule has 1 heterocycles. The largest absolute Gasteiger partial charge is 0.461 e. The van der Waals surface area contributed by atoms with Crippen molar-refractivity contribution in [2.45, 2.75) is 117 Å². The van der Waals surface area contributed by atoms with Gasteiger partial charge in [0.2, 0.25) is 0 Å². The summed E-state index contributed by atoms with van der Waals surface area (Å²) in [5.41, 5.74) is 0.287. The van der Waals surface area contributed by atoms with Crippen LogP contribution in [-0.2, 0) is 9.47 Å². The molecule has 1 rings (SSSR count). The molecule has 0 spiro atoms. The van der Waals surface area contributed by atoms with Gasteiger partial charge in [-0.15, -0.1) is 0 Å². The van der Waals surface area contributed by atoms with Crippen LogP contribution in [0.15, 0.2) is 18.2 Å². The van der Waals surface area contributed by atoms with Crippen molar-refractivity contribution >= 4 is 11.9 Å². The first-order valence-corrected chi connectivity index (χ1v) is 12.8. The predicted molar refractivity (Wildman–Crippen MR) is 130 cm³/mol. The van der Waals surface area contributed by atoms with Crippen LogP contribution in [0.25, 0.3) is 0 Å². The van der Waals surface area contributed by atoms with Crippen molar-refractivity contribution in [3.8, 4) is 0 Å². The van der Waals surface area contributed by atoms with Crippen molar-refractivity contribution in [3.05, 3.63) is 29.6 Å². The van der Waals surface area contributed by atoms with Crippen molar-refractivity contribution in [2.24, 2.45) is 5.92 Å². The maximum atomic E-state index is 12.3. The summed E-state index contributed by atoms with van der Waals surface area (Å²) in [6.07, 6.45) is 15.9. The fourth-order valence-electron chi connectivity index (χ4n) is 3.52. The first kappa shape index (κ1) is 28.1. The standard InChI is InChI=1S/C27H45NO4/c1-5-7-8-9-10-11-12-13-14-15-16-17-21-31-26(29)24-19-18-20-25(28-24)27(30)32-23(4)22(3)6-2/h18-20,22-23H,5-17,21H2,1-4H3. The van der Waals surface area contributed by atoms with E-state index in [9.17, 15) is 9.59 Å². The summed E-state index contributed by atoms with van der Waals surface area (Å²) in [5, 5.41) is 0. The minimum atomic E-state index is -0.506. The SMILES string of the molecule is CCCCCCCCCCCCCCOC(=O)c1cccc(C(=O)OC(C)C(C)CC)n1. The third-order valence-corrected chi connectivity index (χ3v) is 6.14. The number of pyridine rings is 1. The van der Waals surface area contributed by atoms with Gasteiger partial charge in [-0.3, -0.25) is 0 Å². The van der Waals surface area contributed by atoms with E-state index in [1.54, 1.807) is 18.2 Å². The lowest BCUT2D eigenvalue weighted by Gasteiger charge is -2.18. The molecular weight excluding hydrogens is 402 g/mol. The first-order chi connectivity index (χ1) is 15.5. The molecule has 0 amide bonds. The zero-order valence-corrected chi connectivity index (χ0v) is 20.9. The summed E-state index contributed by atoms with van der Waals surface area (Å²) in [6, 6.07) is 4.77. The quantitative estimate of drug-likeness (QED) is 0.172. The Balaban J connectivity index is 2.18. The Hall–Kier alpha value is -1.91. The zero-order valence-electron chi connectivity index (χ0n) is 20.9. The Kier molecular flexibility index (Phi) is 15.5. The average Bonchev–Trinajstić information content (AvgIpc) is 2.81. The second-order valence-corrected chi connectivity index (χ2v) is 8.93. The molecule has 0 aliphatic rings. The summed E-state index contributed by atoms with van der Waals surface area (Å²) in [7, 11) is 0. The smallest absolute Gasteiger partial charge is 0.357 e. The Morgan fingerprint density at radius 2 is 1.28 bits per heavy atom. The van der Waals surface area contributed by atoms with E-state index >= 15 is 0 Å². The van der Waals surface area contributed by atoms with E-state index in [4.69, 9.17) is 9.47 Å². The number of rotatable bonds is 18. The molecule has 0 bridgehead atoms. The van der Waals surface area contributed by atoms with Crippen molar-refractivity contribution in [1.29, 1.82) is 0 Å². The number of carbonyl (C=O) groups is 2. The second-order valence-electron chi connectivity index (χ2n) is 8.93. The summed E-state index contributed by atoms with van der Waals surface area (Å²) in [5.74, 6) is -0.728. The molecule has 0 N–H and O–H groups in total. The molecule has 0 aliphatic carbocycles. The van der Waals surface area contributed by atoms with Gasteiger partial charge in [0.25, 0.3) is 0 Å². The number of hydrogen-bond donors (Lipinski definition) is 0. The number of aromatic nitrogens is 1. The summed E-state index contributed by atoms with van der Waals surface area (Å²) in [4.78, 5) is 28.7. The molecule has 0 fully saturated rings. The van der Waals surface area contributed by atoms with Crippen LogP contribution >= 0.6 is 0 Å². The lowest BCUT2D eigenvalue weighted by atomic mass is 10.0. The highest BCUT2D eigenvalue weighted by Gasteiger charge is 2.19. The fourth-order valence-corrected chi connectivity index (χ4v) is 3.52. The van der Waals surface area contributed by atoms with E-state index in [1.807, 2.05) is 13.8 Å². The van der Waals surface area contributed by atoms with Crippen molar-refractivity contribution in [3.63, 3.8) is 0 Å². The molecule has 0 saturated heterocycles. The van der Waals surface area contributed by atoms with Gasteiger partial charge in [0.1, 0.15) is 17.5 Å². The average molecular weight is 448 g/mol. The summed E-state index contributed by atoms with van der Waals surface area (Å²) in [6.45, 7) is 8.61. The van der Waals surface area contributed by atoms with Crippen LogP contribution in [0.2, 0.25) is 0 Å². The molecule has 0 aromatic carbocycles. The number of ether oxygens (including phenoxy) is 2. The molecule has 32 heavy (non-hydrogen) atoms. The maximum Gasteiger partial charge on any atom is 0.357 e. The number of unbranched alkanes of at least 4 members (excludes halogenated alkanes) is 11. The summed E-state index contributed by atoms with van der Waals surface area (Å²) >= 11 is 0. The zero-order chi connectivity index (χ0) is 23.6. The molecule has 0 aliphatic heterocycles. The molecular formula is C27H45NO4. The third kappa shape index (κ3) is 12.2. The molecule has 2 atom stereocenters. The van der Waals surface area contributed by atoms with Crippen LogP contribution < -0.4 is 0 Å². The second kappa shape index (κ2) is 17.6. The molecule has 5 nitrogen and oxygen atoms in total. The van der Waals surface area contributed by atoms with Crippen LogP contribution in [0, 0.1) is 5.92 Å². The van der Waals surface area contributed by atoms with Crippen LogP contribution in [0.4, 0.5) is 0 Å². The van der Waals surface area contributed by atoms with Crippen molar-refractivity contribution in [1.82, 2.24) is 4.98 Å². The van der Waals surface area contributed by atoms with E-state index in [-0.39, 0.29) is 23.4 Å². The van der Waals surface area contributed by atoms with Gasteiger partial charge >= 0.3 is 11.9 Å². The van der Waals surface area contributed by atoms with Gasteiger partial charge in [0, 0.05) is 0 Å². The Morgan fingerprint density at radius 1 is 0.781 bits per heavy atom. The Morgan fingerprint density at radius 3 is 1.81 bits per heavy atom. The van der Waals surface area contributed by atoms with E-state index in [1.165, 1.54) is 64.2 Å². The lowest BCUT2D eigenvalue weighted by molar-refractivity contribution is 0.0206. The van der Waals surface area contributed by atoms with Crippen molar-refractivity contribution in [2.75, 3.05) is 6.61 Å². The normalized spacial score (nSPS) is 12.9. The van der Waals surface area contributed by atoms with Gasteiger partial charge in [0.05, 0.1) is 6.61 Å². The van der Waals surface area contributed by atoms with Gasteiger partial charge in [-0.2, -0.15) is 0 Å². The molecule has 0 radical (unpaired) electrons. The van der Waals surface area contributed by atoms with Crippen LogP contribution in [0.1, 0.15) is 132 Å². The molecule has 5 heteroatoms. The number of nitrogens with zero attached hydrogens (tertiary/aromatic N) is 1. The minimum absolute atomic E-state index is 0.139. The van der Waals surface area contributed by atoms with Gasteiger partial charge < -0.3 is 9.47 Å². The molecule has 182 valence electrons. The summed E-state index contributed by atoms with van der Waals surface area (Å²) < 4.78 is 10.8. The van der Waals surface area contributed by atoms with Gasteiger partial charge in [-0.25, -0.2) is 14.6 Å². The third-order valence-electron chi connectivity index (χ3n) is 6.14. The van der Waals surface area contributed by atoms with Gasteiger partial charge in [-0.1, -0.05) is 104 Å². The van der Waals surface area contributed by atoms with Crippen LogP contribution in [0.5, 0.6) is 0 Å². The number of carbonyl (C=O) groups excluding carboxylic acids is 2. The topological polar surface area (TPSA) is 65.5 Å². The minimum Gasteiger partial charge on any atom is -0.461 e. The first-order valence-electron chi connectivity index (χ1n) is 12.8. The van der Waals surface area contributed by atoms with Gasteiger partial charge in [-0.05, 0) is 31.4 Å². The Labute approximate surface area is 195 Å². The molecule has 2 unspecified atom stereocenters. The molecule has 1 aromatic heterocycles. The highest BCUT2D eigenvalue weighted by Crippen LogP contribution is 2.14. The number of esters is 2.